The van der Waals surface area contributed by atoms with Gasteiger partial charge in [-0.1, -0.05) is 88.4 Å². The zero-order chi connectivity index (χ0) is 25.0. The first-order chi connectivity index (χ1) is 15.7. The summed E-state index contributed by atoms with van der Waals surface area (Å²) >= 11 is 0. The van der Waals surface area contributed by atoms with Gasteiger partial charge in [0.15, 0.2) is 6.29 Å². The standard InChI is InChI=1S/C27H55NO4P/c1-5-7-8-9-10-11-12-13-14-15-16-17-18-19-20-21-24-27(23-6-2,33(31)32)28(3,4)25-22-26(29)30/h13-14,26,29-30H,5-12,15-25H2,1-4H3/q+1. The van der Waals surface area contributed by atoms with E-state index in [2.05, 4.69) is 19.1 Å². The Labute approximate surface area is 206 Å². The minimum atomic E-state index is -2.62. The largest absolute Gasteiger partial charge is 0.590 e. The SMILES string of the molecule is CCCCCCCCC=CCCCCCCCCC(CCC)([P+](=O)[O-])[N+](C)(C)CCC(O)O. The molecule has 0 aliphatic carbocycles. The van der Waals surface area contributed by atoms with Gasteiger partial charge in [0.1, 0.15) is 0 Å². The topological polar surface area (TPSA) is 80.6 Å². The van der Waals surface area contributed by atoms with Crippen LogP contribution in [-0.4, -0.2) is 46.9 Å². The third-order valence-corrected chi connectivity index (χ3v) is 8.82. The summed E-state index contributed by atoms with van der Waals surface area (Å²) in [5, 5.41) is 17.7. The summed E-state index contributed by atoms with van der Waals surface area (Å²) in [6.45, 7) is 4.72. The van der Waals surface area contributed by atoms with E-state index in [1.54, 1.807) is 0 Å². The molecule has 0 saturated carbocycles. The van der Waals surface area contributed by atoms with Gasteiger partial charge in [-0.2, -0.15) is 0 Å². The molecular formula is C27H55NO4P+. The van der Waals surface area contributed by atoms with Gasteiger partial charge < -0.3 is 15.1 Å². The van der Waals surface area contributed by atoms with Crippen LogP contribution in [0, 0.1) is 0 Å². The Morgan fingerprint density at radius 1 is 0.788 bits per heavy atom. The van der Waals surface area contributed by atoms with Crippen LogP contribution in [0.15, 0.2) is 12.2 Å². The third kappa shape index (κ3) is 14.6. The van der Waals surface area contributed by atoms with Crippen LogP contribution in [0.4, 0.5) is 0 Å². The molecule has 0 aromatic carbocycles. The average Bonchev–Trinajstić information content (AvgIpc) is 2.76. The van der Waals surface area contributed by atoms with Crippen molar-refractivity contribution in [3.8, 4) is 0 Å². The fraction of sp³-hybridized carbons (Fsp3) is 0.926. The molecule has 0 aliphatic heterocycles. The molecule has 5 nitrogen and oxygen atoms in total. The summed E-state index contributed by atoms with van der Waals surface area (Å²) < 4.78 is 12.7. The first-order valence-electron chi connectivity index (χ1n) is 13.7. The Balaban J connectivity index is 4.11. The molecule has 2 unspecified atom stereocenters. The van der Waals surface area contributed by atoms with E-state index in [4.69, 9.17) is 0 Å². The monoisotopic (exact) mass is 488 g/mol. The highest BCUT2D eigenvalue weighted by Gasteiger charge is 2.55. The molecule has 0 aliphatic rings. The van der Waals surface area contributed by atoms with Crippen LogP contribution in [0.1, 0.15) is 129 Å². The van der Waals surface area contributed by atoms with Gasteiger partial charge in [-0.05, 0) is 38.5 Å². The molecule has 0 aromatic heterocycles. The van der Waals surface area contributed by atoms with Crippen molar-refractivity contribution >= 4 is 8.03 Å². The quantitative estimate of drug-likeness (QED) is 0.0545. The minimum Gasteiger partial charge on any atom is -0.590 e. The Morgan fingerprint density at radius 2 is 1.27 bits per heavy atom. The van der Waals surface area contributed by atoms with Crippen LogP contribution in [-0.2, 0) is 4.57 Å². The van der Waals surface area contributed by atoms with E-state index in [-0.39, 0.29) is 6.42 Å². The summed E-state index contributed by atoms with van der Waals surface area (Å²) in [5.74, 6) is 0. The van der Waals surface area contributed by atoms with Gasteiger partial charge in [-0.25, -0.2) is 0 Å². The van der Waals surface area contributed by atoms with Crippen LogP contribution in [0.2, 0.25) is 0 Å². The van der Waals surface area contributed by atoms with Crippen LogP contribution in [0.5, 0.6) is 0 Å². The Bertz CT molecular complexity index is 510. The highest BCUT2D eigenvalue weighted by molar-refractivity contribution is 7.38. The molecule has 0 saturated heterocycles. The van der Waals surface area contributed by atoms with E-state index < -0.39 is 19.6 Å². The summed E-state index contributed by atoms with van der Waals surface area (Å²) in [6.07, 6.45) is 22.9. The fourth-order valence-electron chi connectivity index (χ4n) is 4.84. The zero-order valence-electron chi connectivity index (χ0n) is 22.3. The smallest absolute Gasteiger partial charge is 0.376 e. The first kappa shape index (κ1) is 32.7. The van der Waals surface area contributed by atoms with Crippen molar-refractivity contribution in [3.63, 3.8) is 0 Å². The highest BCUT2D eigenvalue weighted by Crippen LogP contribution is 2.47. The summed E-state index contributed by atoms with van der Waals surface area (Å²) in [6, 6.07) is 0. The van der Waals surface area contributed by atoms with E-state index in [9.17, 15) is 19.7 Å². The van der Waals surface area contributed by atoms with E-state index >= 15 is 0 Å². The molecule has 6 heteroatoms. The molecule has 0 spiro atoms. The number of hydrogen-bond donors (Lipinski definition) is 2. The van der Waals surface area contributed by atoms with Crippen molar-refractivity contribution in [1.29, 1.82) is 0 Å². The number of rotatable bonds is 23. The first-order valence-corrected chi connectivity index (χ1v) is 14.9. The average molecular weight is 489 g/mol. The van der Waals surface area contributed by atoms with Gasteiger partial charge in [-0.15, -0.1) is 0 Å². The van der Waals surface area contributed by atoms with Crippen LogP contribution < -0.4 is 4.89 Å². The second-order valence-electron chi connectivity index (χ2n) is 10.4. The van der Waals surface area contributed by atoms with E-state index in [1.165, 1.54) is 70.6 Å². The maximum atomic E-state index is 12.4. The fourth-order valence-corrected chi connectivity index (χ4v) is 6.13. The van der Waals surface area contributed by atoms with Crippen molar-refractivity contribution in [2.45, 2.75) is 141 Å². The second-order valence-corrected chi connectivity index (χ2v) is 11.7. The molecule has 0 heterocycles. The number of unbranched alkanes of at least 4 members (excludes halogenated alkanes) is 12. The normalized spacial score (nSPS) is 14.8. The molecule has 0 radical (unpaired) electrons. The number of quaternary nitrogens is 1. The molecule has 0 bridgehead atoms. The number of aliphatic hydroxyl groups is 2. The predicted molar refractivity (Wildman–Crippen MR) is 139 cm³/mol. The van der Waals surface area contributed by atoms with Crippen molar-refractivity contribution < 1.29 is 24.2 Å². The molecule has 0 fully saturated rings. The lowest BCUT2D eigenvalue weighted by molar-refractivity contribution is -0.929. The van der Waals surface area contributed by atoms with Crippen LogP contribution >= 0.6 is 8.03 Å². The number of nitrogens with zero attached hydrogens (tertiary/aromatic N) is 1. The van der Waals surface area contributed by atoms with Crippen molar-refractivity contribution in [3.05, 3.63) is 12.2 Å². The number of aliphatic hydroxyl groups excluding tert-OH is 1. The molecule has 0 rings (SSSR count). The van der Waals surface area contributed by atoms with Gasteiger partial charge in [0.2, 0.25) is 0 Å². The van der Waals surface area contributed by atoms with E-state index in [1.807, 2.05) is 21.0 Å². The summed E-state index contributed by atoms with van der Waals surface area (Å²) in [4.78, 5) is 12.4. The Hall–Kier alpha value is -0.320. The van der Waals surface area contributed by atoms with Crippen molar-refractivity contribution in [1.82, 2.24) is 0 Å². The number of allylic oxidation sites excluding steroid dienone is 2. The zero-order valence-corrected chi connectivity index (χ0v) is 23.2. The van der Waals surface area contributed by atoms with Gasteiger partial charge >= 0.3 is 8.03 Å². The van der Waals surface area contributed by atoms with Gasteiger partial charge in [0, 0.05) is 19.3 Å². The van der Waals surface area contributed by atoms with Crippen molar-refractivity contribution in [2.24, 2.45) is 0 Å². The third-order valence-electron chi connectivity index (χ3n) is 7.15. The number of hydrogen-bond acceptors (Lipinski definition) is 4. The molecule has 0 aromatic rings. The molecule has 0 amide bonds. The lowest BCUT2D eigenvalue weighted by atomic mass is 9.98. The minimum absolute atomic E-state index is 0.190. The van der Waals surface area contributed by atoms with E-state index in [0.29, 0.717) is 23.9 Å². The lowest BCUT2D eigenvalue weighted by Crippen LogP contribution is -2.59. The Morgan fingerprint density at radius 3 is 1.73 bits per heavy atom. The van der Waals surface area contributed by atoms with Gasteiger partial charge in [0.25, 0.3) is 5.28 Å². The van der Waals surface area contributed by atoms with Crippen LogP contribution in [0.25, 0.3) is 0 Å². The molecule has 2 N–H and O–H groups in total. The lowest BCUT2D eigenvalue weighted by Gasteiger charge is -2.43. The van der Waals surface area contributed by atoms with Crippen LogP contribution in [0.3, 0.4) is 0 Å². The van der Waals surface area contributed by atoms with Gasteiger partial charge in [0.05, 0.1) is 20.6 Å². The molecule has 33 heavy (non-hydrogen) atoms. The predicted octanol–water partition coefficient (Wildman–Crippen LogP) is 6.79. The van der Waals surface area contributed by atoms with E-state index in [0.717, 1.165) is 25.7 Å². The highest BCUT2D eigenvalue weighted by atomic mass is 31.1. The second kappa shape index (κ2) is 19.9. The maximum absolute atomic E-state index is 12.4. The molecule has 196 valence electrons. The van der Waals surface area contributed by atoms with Crippen molar-refractivity contribution in [2.75, 3.05) is 20.6 Å². The molecular weight excluding hydrogens is 433 g/mol. The molecule has 2 atom stereocenters. The maximum Gasteiger partial charge on any atom is 0.376 e. The van der Waals surface area contributed by atoms with Gasteiger partial charge in [-0.3, -0.25) is 4.48 Å². The summed E-state index contributed by atoms with van der Waals surface area (Å²) in [7, 11) is 1.22. The summed E-state index contributed by atoms with van der Waals surface area (Å²) in [5.41, 5.74) is 0. The Kier molecular flexibility index (Phi) is 19.7.